The van der Waals surface area contributed by atoms with E-state index < -0.39 is 5.97 Å². The molecule has 21 heavy (non-hydrogen) atoms. The van der Waals surface area contributed by atoms with Gasteiger partial charge in [0.15, 0.2) is 0 Å². The highest BCUT2D eigenvalue weighted by atomic mass is 16.4. The molecule has 1 aromatic rings. The van der Waals surface area contributed by atoms with E-state index in [0.717, 1.165) is 12.1 Å². The number of carboxylic acid groups (broad SMARTS) is 1. The topological polar surface area (TPSA) is 84.2 Å². The lowest BCUT2D eigenvalue weighted by molar-refractivity contribution is -0.138. The van der Waals surface area contributed by atoms with E-state index in [1.165, 1.54) is 0 Å². The number of carboxylic acids is 1. The minimum Gasteiger partial charge on any atom is -0.481 e. The molecular weight excluding hydrogens is 270 g/mol. The van der Waals surface area contributed by atoms with Crippen molar-refractivity contribution < 1.29 is 14.7 Å². The molecule has 1 amide bonds. The highest BCUT2D eigenvalue weighted by Crippen LogP contribution is 2.15. The van der Waals surface area contributed by atoms with Gasteiger partial charge in [0, 0.05) is 19.5 Å². The molecule has 118 valence electrons. The van der Waals surface area contributed by atoms with Gasteiger partial charge in [-0.3, -0.25) is 14.3 Å². The monoisotopic (exact) mass is 295 g/mol. The van der Waals surface area contributed by atoms with Crippen molar-refractivity contribution in [2.45, 2.75) is 47.1 Å². The maximum atomic E-state index is 12.2. The minimum absolute atomic E-state index is 0.0504. The molecule has 0 saturated heterocycles. The summed E-state index contributed by atoms with van der Waals surface area (Å²) in [5, 5.41) is 16.0. The normalized spacial score (nSPS) is 12.4. The molecule has 0 bridgehead atoms. The lowest BCUT2D eigenvalue weighted by atomic mass is 9.94. The predicted octanol–water partition coefficient (Wildman–Crippen LogP) is 2.08. The van der Waals surface area contributed by atoms with Crippen LogP contribution in [0.1, 0.15) is 49.8 Å². The number of carbonyl (C=O) groups excluding carboxylic acids is 1. The molecule has 0 aromatic carbocycles. The van der Waals surface area contributed by atoms with Gasteiger partial charge in [-0.15, -0.1) is 0 Å². The lowest BCUT2D eigenvalue weighted by Crippen LogP contribution is -2.32. The van der Waals surface area contributed by atoms with Crippen LogP contribution in [0, 0.1) is 18.8 Å². The van der Waals surface area contributed by atoms with Gasteiger partial charge in [-0.05, 0) is 38.2 Å². The van der Waals surface area contributed by atoms with Crippen LogP contribution >= 0.6 is 0 Å². The van der Waals surface area contributed by atoms with Crippen molar-refractivity contribution >= 4 is 11.9 Å². The van der Waals surface area contributed by atoms with Crippen LogP contribution in [-0.4, -0.2) is 33.3 Å². The molecule has 0 spiro atoms. The van der Waals surface area contributed by atoms with E-state index in [0.29, 0.717) is 24.7 Å². The summed E-state index contributed by atoms with van der Waals surface area (Å²) in [6.45, 7) is 8.86. The first-order valence-corrected chi connectivity index (χ1v) is 7.37. The van der Waals surface area contributed by atoms with Crippen molar-refractivity contribution in [2.24, 2.45) is 11.8 Å². The van der Waals surface area contributed by atoms with Gasteiger partial charge in [0.05, 0.1) is 5.69 Å². The van der Waals surface area contributed by atoms with Crippen LogP contribution in [0.3, 0.4) is 0 Å². The highest BCUT2D eigenvalue weighted by Gasteiger charge is 2.18. The summed E-state index contributed by atoms with van der Waals surface area (Å²) >= 11 is 0. The molecule has 1 atom stereocenters. The molecule has 0 radical (unpaired) electrons. The smallest absolute Gasteiger partial charge is 0.303 e. The third kappa shape index (κ3) is 5.57. The zero-order chi connectivity index (χ0) is 16.0. The highest BCUT2D eigenvalue weighted by molar-refractivity contribution is 5.92. The maximum absolute atomic E-state index is 12.2. The van der Waals surface area contributed by atoms with Crippen molar-refractivity contribution in [2.75, 3.05) is 6.54 Å². The molecule has 0 aliphatic rings. The molecule has 6 nitrogen and oxygen atoms in total. The van der Waals surface area contributed by atoms with Crippen molar-refractivity contribution in [1.29, 1.82) is 0 Å². The molecule has 0 saturated carbocycles. The predicted molar refractivity (Wildman–Crippen MR) is 80.2 cm³/mol. The Morgan fingerprint density at radius 1 is 1.43 bits per heavy atom. The van der Waals surface area contributed by atoms with E-state index >= 15 is 0 Å². The summed E-state index contributed by atoms with van der Waals surface area (Å²) in [5.41, 5.74) is 1.32. The van der Waals surface area contributed by atoms with Crippen LogP contribution in [0.15, 0.2) is 6.07 Å². The van der Waals surface area contributed by atoms with E-state index in [-0.39, 0.29) is 18.2 Å². The van der Waals surface area contributed by atoms with Crippen LogP contribution < -0.4 is 5.32 Å². The first kappa shape index (κ1) is 17.2. The van der Waals surface area contributed by atoms with Crippen LogP contribution in [0.4, 0.5) is 0 Å². The Balaban J connectivity index is 2.65. The standard InChI is InChI=1S/C15H25N3O3/c1-5-18-13(7-11(4)17-18)15(21)16-9-12(6-10(2)3)8-14(19)20/h7,10,12H,5-6,8-9H2,1-4H3,(H,16,21)(H,19,20). The van der Waals surface area contributed by atoms with Gasteiger partial charge in [-0.2, -0.15) is 5.10 Å². The molecule has 2 N–H and O–H groups in total. The summed E-state index contributed by atoms with van der Waals surface area (Å²) < 4.78 is 1.65. The number of aromatic nitrogens is 2. The summed E-state index contributed by atoms with van der Waals surface area (Å²) in [7, 11) is 0. The van der Waals surface area contributed by atoms with Crippen LogP contribution in [0.25, 0.3) is 0 Å². The van der Waals surface area contributed by atoms with E-state index in [9.17, 15) is 9.59 Å². The van der Waals surface area contributed by atoms with Crippen LogP contribution in [0.2, 0.25) is 0 Å². The number of hydrogen-bond acceptors (Lipinski definition) is 3. The first-order valence-electron chi connectivity index (χ1n) is 7.37. The molecular formula is C15H25N3O3. The number of amides is 1. The summed E-state index contributed by atoms with van der Waals surface area (Å²) in [6, 6.07) is 1.74. The molecule has 1 rings (SSSR count). The Bertz CT molecular complexity index is 494. The van der Waals surface area contributed by atoms with Crippen molar-refractivity contribution in [1.82, 2.24) is 15.1 Å². The number of rotatable bonds is 8. The van der Waals surface area contributed by atoms with Gasteiger partial charge in [0.1, 0.15) is 5.69 Å². The SMILES string of the molecule is CCn1nc(C)cc1C(=O)NCC(CC(=O)O)CC(C)C. The second-order valence-electron chi connectivity index (χ2n) is 5.79. The third-order valence-corrected chi connectivity index (χ3v) is 3.25. The summed E-state index contributed by atoms with van der Waals surface area (Å²) in [4.78, 5) is 23.1. The largest absolute Gasteiger partial charge is 0.481 e. The van der Waals surface area contributed by atoms with Crippen molar-refractivity contribution in [3.05, 3.63) is 17.5 Å². The third-order valence-electron chi connectivity index (χ3n) is 3.25. The second kappa shape index (κ2) is 7.81. The number of carbonyl (C=O) groups is 2. The summed E-state index contributed by atoms with van der Waals surface area (Å²) in [5.74, 6) is -0.679. The molecule has 0 fully saturated rings. The summed E-state index contributed by atoms with van der Waals surface area (Å²) in [6.07, 6.45) is 0.850. The molecule has 1 heterocycles. The average Bonchev–Trinajstić information content (AvgIpc) is 2.75. The Morgan fingerprint density at radius 2 is 2.10 bits per heavy atom. The molecule has 0 aliphatic heterocycles. The minimum atomic E-state index is -0.829. The van der Waals surface area contributed by atoms with Gasteiger partial charge in [-0.1, -0.05) is 13.8 Å². The fraction of sp³-hybridized carbons (Fsp3) is 0.667. The number of hydrogen-bond donors (Lipinski definition) is 2. The van der Waals surface area contributed by atoms with Gasteiger partial charge >= 0.3 is 5.97 Å². The van der Waals surface area contributed by atoms with E-state index in [1.807, 2.05) is 27.7 Å². The van der Waals surface area contributed by atoms with E-state index in [1.54, 1.807) is 10.7 Å². The second-order valence-corrected chi connectivity index (χ2v) is 5.79. The van der Waals surface area contributed by atoms with Gasteiger partial charge < -0.3 is 10.4 Å². The molecule has 0 aliphatic carbocycles. The lowest BCUT2D eigenvalue weighted by Gasteiger charge is -2.17. The van der Waals surface area contributed by atoms with Gasteiger partial charge in [0.25, 0.3) is 5.91 Å². The zero-order valence-electron chi connectivity index (χ0n) is 13.2. The van der Waals surface area contributed by atoms with E-state index in [4.69, 9.17) is 5.11 Å². The Morgan fingerprint density at radius 3 is 2.62 bits per heavy atom. The van der Waals surface area contributed by atoms with E-state index in [2.05, 4.69) is 10.4 Å². The van der Waals surface area contributed by atoms with Crippen molar-refractivity contribution in [3.63, 3.8) is 0 Å². The van der Waals surface area contributed by atoms with Crippen LogP contribution in [-0.2, 0) is 11.3 Å². The molecule has 1 aromatic heterocycles. The number of nitrogens with one attached hydrogen (secondary N) is 1. The molecule has 1 unspecified atom stereocenters. The first-order chi connectivity index (χ1) is 9.83. The quantitative estimate of drug-likeness (QED) is 0.769. The van der Waals surface area contributed by atoms with Gasteiger partial charge in [0.2, 0.25) is 0 Å². The van der Waals surface area contributed by atoms with Crippen LogP contribution in [0.5, 0.6) is 0 Å². The molecule has 6 heteroatoms. The maximum Gasteiger partial charge on any atom is 0.303 e. The Kier molecular flexibility index (Phi) is 6.39. The van der Waals surface area contributed by atoms with Gasteiger partial charge in [-0.25, -0.2) is 0 Å². The van der Waals surface area contributed by atoms with Crippen molar-refractivity contribution in [3.8, 4) is 0 Å². The fourth-order valence-corrected chi connectivity index (χ4v) is 2.45. The average molecular weight is 295 g/mol. The number of nitrogens with zero attached hydrogens (tertiary/aromatic N) is 2. The fourth-order valence-electron chi connectivity index (χ4n) is 2.45. The Hall–Kier alpha value is -1.85. The Labute approximate surface area is 125 Å². The number of aliphatic carboxylic acids is 1. The number of aryl methyl sites for hydroxylation is 2. The zero-order valence-corrected chi connectivity index (χ0v) is 13.2.